The van der Waals surface area contributed by atoms with E-state index in [1.165, 1.54) is 29.1 Å². The molecule has 148 valence electrons. The minimum atomic E-state index is -4.59. The second-order valence-corrected chi connectivity index (χ2v) is 6.33. The van der Waals surface area contributed by atoms with Crippen LogP contribution in [0.2, 0.25) is 0 Å². The molecule has 0 atom stereocenters. The number of rotatable bonds is 4. The van der Waals surface area contributed by atoms with E-state index in [1.807, 2.05) is 0 Å². The number of imidazole rings is 1. The first-order valence-corrected chi connectivity index (χ1v) is 8.38. The highest BCUT2D eigenvalue weighted by molar-refractivity contribution is 6.05. The number of nitrogens with zero attached hydrogens (tertiary/aromatic N) is 5. The van der Waals surface area contributed by atoms with Crippen molar-refractivity contribution >= 4 is 17.3 Å². The largest absolute Gasteiger partial charge is 0.416 e. The Hall–Kier alpha value is -3.78. The predicted molar refractivity (Wildman–Crippen MR) is 101 cm³/mol. The van der Waals surface area contributed by atoms with Gasteiger partial charge < -0.3 is 9.88 Å². The van der Waals surface area contributed by atoms with Gasteiger partial charge in [-0.3, -0.25) is 4.79 Å². The maximum atomic E-state index is 13.3. The Kier molecular flexibility index (Phi) is 5.29. The number of anilines is 1. The summed E-state index contributed by atoms with van der Waals surface area (Å²) in [5.41, 5.74) is 9.58. The molecule has 3 aromatic rings. The molecule has 0 aliphatic rings. The van der Waals surface area contributed by atoms with Crippen LogP contribution in [0, 0.1) is 13.8 Å². The average Bonchev–Trinajstić information content (AvgIpc) is 3.09. The highest BCUT2D eigenvalue weighted by atomic mass is 19.4. The van der Waals surface area contributed by atoms with Crippen LogP contribution in [0.3, 0.4) is 0 Å². The third kappa shape index (κ3) is 4.56. The van der Waals surface area contributed by atoms with Crippen LogP contribution in [0.5, 0.6) is 0 Å². The van der Waals surface area contributed by atoms with Crippen LogP contribution in [-0.2, 0) is 6.18 Å². The summed E-state index contributed by atoms with van der Waals surface area (Å²) in [7, 11) is 0. The molecule has 0 saturated heterocycles. The number of aromatic nitrogens is 2. The Morgan fingerprint density at radius 2 is 1.97 bits per heavy atom. The van der Waals surface area contributed by atoms with Crippen LogP contribution in [0.15, 0.2) is 54.0 Å². The lowest BCUT2D eigenvalue weighted by atomic mass is 10.1. The fraction of sp³-hybridized carbons (Fsp3) is 0.158. The number of alkyl halides is 3. The SMILES string of the molecule is Cc1cn(-c2cc(NC(=O)c3ccc(C)c(N=[N+]=[N-])c3)cc(C(F)(F)F)c2)cn1. The van der Waals surface area contributed by atoms with E-state index < -0.39 is 17.6 Å². The third-order valence-electron chi connectivity index (χ3n) is 4.14. The number of benzene rings is 2. The minimum Gasteiger partial charge on any atom is -0.322 e. The van der Waals surface area contributed by atoms with E-state index in [9.17, 15) is 18.0 Å². The molecule has 1 N–H and O–H groups in total. The van der Waals surface area contributed by atoms with Gasteiger partial charge in [0.1, 0.15) is 0 Å². The average molecular weight is 400 g/mol. The third-order valence-corrected chi connectivity index (χ3v) is 4.14. The molecule has 0 radical (unpaired) electrons. The molecule has 0 unspecified atom stereocenters. The number of carbonyl (C=O) groups excluding carboxylic acids is 1. The molecule has 1 amide bonds. The summed E-state index contributed by atoms with van der Waals surface area (Å²) in [6.07, 6.45) is -1.63. The van der Waals surface area contributed by atoms with Crippen molar-refractivity contribution in [1.82, 2.24) is 9.55 Å². The molecule has 1 aromatic heterocycles. The summed E-state index contributed by atoms with van der Waals surface area (Å²) in [5, 5.41) is 5.97. The van der Waals surface area contributed by atoms with Crippen LogP contribution in [-0.4, -0.2) is 15.5 Å². The molecule has 0 spiro atoms. The van der Waals surface area contributed by atoms with Crippen molar-refractivity contribution in [2.75, 3.05) is 5.32 Å². The molecule has 0 aliphatic carbocycles. The molecule has 1 heterocycles. The van der Waals surface area contributed by atoms with Gasteiger partial charge in [0.05, 0.1) is 17.6 Å². The Balaban J connectivity index is 1.99. The van der Waals surface area contributed by atoms with Crippen molar-refractivity contribution in [1.29, 1.82) is 0 Å². The van der Waals surface area contributed by atoms with Crippen LogP contribution >= 0.6 is 0 Å². The number of halogens is 3. The van der Waals surface area contributed by atoms with Gasteiger partial charge in [-0.25, -0.2) is 4.98 Å². The summed E-state index contributed by atoms with van der Waals surface area (Å²) in [4.78, 5) is 19.3. The number of azide groups is 1. The molecular weight excluding hydrogens is 385 g/mol. The summed E-state index contributed by atoms with van der Waals surface area (Å²) in [6, 6.07) is 7.70. The second-order valence-electron chi connectivity index (χ2n) is 6.33. The van der Waals surface area contributed by atoms with Gasteiger partial charge in [0, 0.05) is 33.7 Å². The van der Waals surface area contributed by atoms with Gasteiger partial charge in [0.15, 0.2) is 0 Å². The van der Waals surface area contributed by atoms with Crippen LogP contribution in [0.25, 0.3) is 16.1 Å². The smallest absolute Gasteiger partial charge is 0.322 e. The molecule has 29 heavy (non-hydrogen) atoms. The lowest BCUT2D eigenvalue weighted by molar-refractivity contribution is -0.137. The van der Waals surface area contributed by atoms with Gasteiger partial charge in [-0.15, -0.1) is 0 Å². The predicted octanol–water partition coefficient (Wildman–Crippen LogP) is 5.70. The van der Waals surface area contributed by atoms with Gasteiger partial charge >= 0.3 is 6.18 Å². The van der Waals surface area contributed by atoms with Gasteiger partial charge in [0.25, 0.3) is 5.91 Å². The monoisotopic (exact) mass is 400 g/mol. The summed E-state index contributed by atoms with van der Waals surface area (Å²) < 4.78 is 41.4. The van der Waals surface area contributed by atoms with E-state index in [1.54, 1.807) is 26.1 Å². The summed E-state index contributed by atoms with van der Waals surface area (Å²) in [6.45, 7) is 3.42. The van der Waals surface area contributed by atoms with Crippen LogP contribution in [0.4, 0.5) is 24.5 Å². The lowest BCUT2D eigenvalue weighted by Crippen LogP contribution is -2.14. The first-order valence-electron chi connectivity index (χ1n) is 8.38. The van der Waals surface area contributed by atoms with Crippen molar-refractivity contribution in [3.63, 3.8) is 0 Å². The van der Waals surface area contributed by atoms with Gasteiger partial charge in [0.2, 0.25) is 0 Å². The second kappa shape index (κ2) is 7.69. The lowest BCUT2D eigenvalue weighted by Gasteiger charge is -2.14. The molecule has 7 nitrogen and oxygen atoms in total. The van der Waals surface area contributed by atoms with E-state index in [4.69, 9.17) is 5.53 Å². The normalized spacial score (nSPS) is 11.1. The Labute approximate surface area is 163 Å². The number of nitrogens with one attached hydrogen (secondary N) is 1. The zero-order valence-corrected chi connectivity index (χ0v) is 15.4. The van der Waals surface area contributed by atoms with E-state index in [-0.39, 0.29) is 22.6 Å². The molecule has 10 heteroatoms. The van der Waals surface area contributed by atoms with Crippen molar-refractivity contribution in [2.45, 2.75) is 20.0 Å². The number of amides is 1. The molecule has 0 bridgehead atoms. The molecule has 0 saturated carbocycles. The molecular formula is C19H15F3N6O. The van der Waals surface area contributed by atoms with Crippen molar-refractivity contribution in [2.24, 2.45) is 5.11 Å². The standard InChI is InChI=1S/C19H15F3N6O/c1-11-3-4-13(5-17(11)26-27-23)18(29)25-15-6-14(19(20,21)22)7-16(8-15)28-9-12(2)24-10-28/h3-10H,1-2H3,(H,25,29). The van der Waals surface area contributed by atoms with Gasteiger partial charge in [-0.1, -0.05) is 11.2 Å². The van der Waals surface area contributed by atoms with E-state index >= 15 is 0 Å². The fourth-order valence-corrected chi connectivity index (χ4v) is 2.67. The highest BCUT2D eigenvalue weighted by Gasteiger charge is 2.31. The maximum Gasteiger partial charge on any atom is 0.416 e. The number of aryl methyl sites for hydroxylation is 2. The van der Waals surface area contributed by atoms with E-state index in [0.717, 1.165) is 12.1 Å². The Morgan fingerprint density at radius 1 is 1.21 bits per heavy atom. The summed E-state index contributed by atoms with van der Waals surface area (Å²) >= 11 is 0. The van der Waals surface area contributed by atoms with Crippen LogP contribution < -0.4 is 5.32 Å². The zero-order valence-electron chi connectivity index (χ0n) is 15.4. The fourth-order valence-electron chi connectivity index (χ4n) is 2.67. The maximum absolute atomic E-state index is 13.3. The van der Waals surface area contributed by atoms with Crippen molar-refractivity contribution in [3.05, 3.63) is 81.7 Å². The van der Waals surface area contributed by atoms with Crippen LogP contribution in [0.1, 0.15) is 27.2 Å². The van der Waals surface area contributed by atoms with Crippen molar-refractivity contribution < 1.29 is 18.0 Å². The van der Waals surface area contributed by atoms with E-state index in [2.05, 4.69) is 20.3 Å². The number of carbonyl (C=O) groups is 1. The zero-order chi connectivity index (χ0) is 21.2. The van der Waals surface area contributed by atoms with Gasteiger partial charge in [-0.2, -0.15) is 13.2 Å². The van der Waals surface area contributed by atoms with E-state index in [0.29, 0.717) is 11.3 Å². The van der Waals surface area contributed by atoms with Crippen molar-refractivity contribution in [3.8, 4) is 5.69 Å². The minimum absolute atomic E-state index is 0.0305. The quantitative estimate of drug-likeness (QED) is 0.345. The Morgan fingerprint density at radius 3 is 2.59 bits per heavy atom. The first kappa shape index (κ1) is 20.0. The number of hydrogen-bond donors (Lipinski definition) is 1. The summed E-state index contributed by atoms with van der Waals surface area (Å²) in [5.74, 6) is -0.633. The first-order chi connectivity index (χ1) is 13.7. The molecule has 3 rings (SSSR count). The highest BCUT2D eigenvalue weighted by Crippen LogP contribution is 2.33. The molecule has 0 aliphatic heterocycles. The topological polar surface area (TPSA) is 95.7 Å². The Bertz CT molecular complexity index is 1130. The number of hydrogen-bond acceptors (Lipinski definition) is 3. The van der Waals surface area contributed by atoms with Gasteiger partial charge in [-0.05, 0) is 55.3 Å². The molecule has 2 aromatic carbocycles. The molecule has 0 fully saturated rings.